The molecule has 11 nitrogen and oxygen atoms in total. The van der Waals surface area contributed by atoms with E-state index in [0.717, 1.165) is 16.0 Å². The summed E-state index contributed by atoms with van der Waals surface area (Å²) in [6.45, 7) is 0. The molecule has 11 heteroatoms. The molecule has 0 bridgehead atoms. The highest BCUT2D eigenvalue weighted by Gasteiger charge is 2.64. The van der Waals surface area contributed by atoms with E-state index in [4.69, 9.17) is 0 Å². The van der Waals surface area contributed by atoms with E-state index in [9.17, 15) is 34.6 Å². The second-order valence-corrected chi connectivity index (χ2v) is 9.29. The smallest absolute Gasteiger partial charge is 0.270 e. The number of fused-ring (bicyclic) bond motifs is 5. The number of imide groups is 1. The molecule has 3 aromatic rings. The van der Waals surface area contributed by atoms with E-state index in [-0.39, 0.29) is 22.6 Å². The van der Waals surface area contributed by atoms with Crippen LogP contribution in [0, 0.1) is 32.1 Å². The molecule has 0 saturated carbocycles. The average Bonchev–Trinajstić information content (AvgIpc) is 3.40. The van der Waals surface area contributed by atoms with Crippen molar-refractivity contribution in [2.75, 3.05) is 4.90 Å². The van der Waals surface area contributed by atoms with Crippen molar-refractivity contribution in [3.63, 3.8) is 0 Å². The number of ketones is 1. The summed E-state index contributed by atoms with van der Waals surface area (Å²) in [6, 6.07) is 16.1. The predicted molar refractivity (Wildman–Crippen MR) is 134 cm³/mol. The predicted octanol–water partition coefficient (Wildman–Crippen LogP) is 3.90. The van der Waals surface area contributed by atoms with Gasteiger partial charge >= 0.3 is 0 Å². The van der Waals surface area contributed by atoms with Gasteiger partial charge in [0.15, 0.2) is 5.78 Å². The number of carbonyl (C=O) groups excluding carboxylic acids is 3. The van der Waals surface area contributed by atoms with Crippen LogP contribution in [0.3, 0.4) is 0 Å². The Labute approximate surface area is 214 Å². The molecule has 2 fully saturated rings. The monoisotopic (exact) mass is 510 g/mol. The van der Waals surface area contributed by atoms with Gasteiger partial charge in [-0.25, -0.2) is 4.90 Å². The van der Waals surface area contributed by atoms with Gasteiger partial charge in [0.25, 0.3) is 11.4 Å². The zero-order valence-corrected chi connectivity index (χ0v) is 19.5. The van der Waals surface area contributed by atoms with Crippen molar-refractivity contribution in [3.8, 4) is 0 Å². The summed E-state index contributed by atoms with van der Waals surface area (Å²) in [5.74, 6) is -3.59. The maximum Gasteiger partial charge on any atom is 0.270 e. The summed E-state index contributed by atoms with van der Waals surface area (Å²) in [6.07, 6.45) is 3.51. The lowest BCUT2D eigenvalue weighted by Crippen LogP contribution is -2.44. The van der Waals surface area contributed by atoms with E-state index in [1.165, 1.54) is 48.5 Å². The number of nitrogens with zero attached hydrogens (tertiary/aromatic N) is 4. The Morgan fingerprint density at radius 1 is 0.789 bits per heavy atom. The minimum absolute atomic E-state index is 0.0601. The molecule has 2 amide bonds. The maximum atomic E-state index is 13.9. The van der Waals surface area contributed by atoms with Gasteiger partial charge in [-0.2, -0.15) is 0 Å². The van der Waals surface area contributed by atoms with Crippen molar-refractivity contribution in [1.82, 2.24) is 4.90 Å². The van der Waals surface area contributed by atoms with Crippen LogP contribution in [0.4, 0.5) is 17.1 Å². The van der Waals surface area contributed by atoms with Gasteiger partial charge in [-0.3, -0.25) is 34.6 Å². The number of hydrogen-bond acceptors (Lipinski definition) is 8. The van der Waals surface area contributed by atoms with Crippen LogP contribution in [0.15, 0.2) is 79.0 Å². The van der Waals surface area contributed by atoms with Crippen LogP contribution in [0.5, 0.6) is 0 Å². The molecule has 0 spiro atoms. The highest BCUT2D eigenvalue weighted by molar-refractivity contribution is 6.24. The molecule has 0 aliphatic carbocycles. The number of carbonyl (C=O) groups is 3. The minimum Gasteiger partial charge on any atom is -0.358 e. The first kappa shape index (κ1) is 23.2. The highest BCUT2D eigenvalue weighted by Crippen LogP contribution is 2.53. The largest absolute Gasteiger partial charge is 0.358 e. The maximum absolute atomic E-state index is 13.9. The molecule has 38 heavy (non-hydrogen) atoms. The molecule has 1 unspecified atom stereocenters. The van der Waals surface area contributed by atoms with Gasteiger partial charge in [-0.05, 0) is 29.3 Å². The number of nitro groups is 2. The fourth-order valence-corrected chi connectivity index (χ4v) is 5.78. The Hall–Kier alpha value is -5.19. The Kier molecular flexibility index (Phi) is 5.16. The van der Waals surface area contributed by atoms with Crippen molar-refractivity contribution in [2.45, 2.75) is 12.1 Å². The number of nitro benzene ring substituents is 2. The minimum atomic E-state index is -1.09. The number of anilines is 1. The van der Waals surface area contributed by atoms with Crippen LogP contribution in [0.1, 0.15) is 27.5 Å². The molecule has 3 aromatic carbocycles. The van der Waals surface area contributed by atoms with Gasteiger partial charge in [0, 0.05) is 36.0 Å². The number of rotatable bonds is 5. The second-order valence-electron chi connectivity index (χ2n) is 9.29. The number of Topliss-reactive ketones (excluding diaryl/α,β-unsaturated/α-hetero) is 1. The Balaban J connectivity index is 1.47. The third-order valence-corrected chi connectivity index (χ3v) is 7.39. The fraction of sp³-hybridized carbons (Fsp3) is 0.148. The third kappa shape index (κ3) is 3.32. The lowest BCUT2D eigenvalue weighted by atomic mass is 9.83. The van der Waals surface area contributed by atoms with Crippen LogP contribution in [0.2, 0.25) is 0 Å². The van der Waals surface area contributed by atoms with Gasteiger partial charge in [-0.15, -0.1) is 0 Å². The number of non-ortho nitro benzene ring substituents is 2. The van der Waals surface area contributed by atoms with Crippen molar-refractivity contribution >= 4 is 40.7 Å². The first-order valence-corrected chi connectivity index (χ1v) is 11.7. The number of amides is 2. The van der Waals surface area contributed by atoms with Gasteiger partial charge < -0.3 is 4.90 Å². The molecule has 0 N–H and O–H groups in total. The summed E-state index contributed by atoms with van der Waals surface area (Å²) in [5, 5.41) is 22.4. The average molecular weight is 510 g/mol. The second kappa shape index (κ2) is 8.44. The van der Waals surface area contributed by atoms with E-state index in [2.05, 4.69) is 0 Å². The fourth-order valence-electron chi connectivity index (χ4n) is 5.78. The van der Waals surface area contributed by atoms with Crippen LogP contribution in [0.25, 0.3) is 6.08 Å². The number of benzene rings is 3. The van der Waals surface area contributed by atoms with Crippen LogP contribution in [-0.2, 0) is 9.59 Å². The van der Waals surface area contributed by atoms with E-state index in [1.54, 1.807) is 11.1 Å². The van der Waals surface area contributed by atoms with E-state index >= 15 is 0 Å². The zero-order valence-electron chi connectivity index (χ0n) is 19.5. The van der Waals surface area contributed by atoms with Crippen molar-refractivity contribution in [2.24, 2.45) is 11.8 Å². The molecule has 6 rings (SSSR count). The van der Waals surface area contributed by atoms with E-state index < -0.39 is 51.4 Å². The van der Waals surface area contributed by atoms with E-state index in [0.29, 0.717) is 0 Å². The quantitative estimate of drug-likeness (QED) is 0.218. The molecule has 188 valence electrons. The van der Waals surface area contributed by atoms with Crippen molar-refractivity contribution in [1.29, 1.82) is 0 Å². The summed E-state index contributed by atoms with van der Waals surface area (Å²) in [4.78, 5) is 65.5. The third-order valence-electron chi connectivity index (χ3n) is 7.39. The Morgan fingerprint density at radius 3 is 2.18 bits per heavy atom. The molecule has 0 radical (unpaired) electrons. The van der Waals surface area contributed by atoms with Gasteiger partial charge in [0.05, 0.1) is 33.4 Å². The van der Waals surface area contributed by atoms with Crippen LogP contribution >= 0.6 is 0 Å². The highest BCUT2D eigenvalue weighted by atomic mass is 16.6. The lowest BCUT2D eigenvalue weighted by Gasteiger charge is -2.35. The van der Waals surface area contributed by atoms with E-state index in [1.807, 2.05) is 30.3 Å². The SMILES string of the molecule is O=C(c1cccc([N+](=O)[O-])c1)[C@@H]1[C@@H]2C(=O)N(c3ccc([N+](=O)[O-])cc3)C(=O)[C@@H]2C2c3ccccc3C=CN21. The topological polar surface area (TPSA) is 144 Å². The van der Waals surface area contributed by atoms with Crippen molar-refractivity contribution in [3.05, 3.63) is 116 Å². The standard InChI is InChI=1S/C27H18N4O7/c32-25(16-5-3-6-19(14-16)31(37)38)24-22-21(23-20-7-2-1-4-15(20)12-13-28(23)24)26(33)29(27(22)34)17-8-10-18(11-9-17)30(35)36/h1-14,21-24H/t21-,22+,23?,24-/m0/s1. The lowest BCUT2D eigenvalue weighted by molar-refractivity contribution is -0.385. The summed E-state index contributed by atoms with van der Waals surface area (Å²) >= 11 is 0. The summed E-state index contributed by atoms with van der Waals surface area (Å²) in [7, 11) is 0. The summed E-state index contributed by atoms with van der Waals surface area (Å²) < 4.78 is 0. The molecule has 4 atom stereocenters. The zero-order chi connectivity index (χ0) is 26.7. The molecular weight excluding hydrogens is 492 g/mol. The molecule has 3 heterocycles. The summed E-state index contributed by atoms with van der Waals surface area (Å²) in [5.41, 5.74) is 1.42. The van der Waals surface area contributed by atoms with Gasteiger partial charge in [0.2, 0.25) is 11.8 Å². The Morgan fingerprint density at radius 2 is 1.47 bits per heavy atom. The molecule has 2 saturated heterocycles. The first-order valence-electron chi connectivity index (χ1n) is 11.7. The van der Waals surface area contributed by atoms with Crippen LogP contribution < -0.4 is 4.90 Å². The molecular formula is C27H18N4O7. The molecule has 3 aliphatic rings. The Bertz CT molecular complexity index is 1580. The number of hydrogen-bond donors (Lipinski definition) is 0. The molecule has 3 aliphatic heterocycles. The first-order chi connectivity index (χ1) is 18.3. The molecule has 0 aromatic heterocycles. The van der Waals surface area contributed by atoms with Gasteiger partial charge in [0.1, 0.15) is 6.04 Å². The normalized spacial score (nSPS) is 23.2. The van der Waals surface area contributed by atoms with Gasteiger partial charge in [-0.1, -0.05) is 36.4 Å². The van der Waals surface area contributed by atoms with Crippen LogP contribution in [-0.4, -0.2) is 38.4 Å². The van der Waals surface area contributed by atoms with Crippen molar-refractivity contribution < 1.29 is 24.2 Å².